The molecule has 1 aliphatic rings. The van der Waals surface area contributed by atoms with Crippen LogP contribution in [0.4, 0.5) is 4.79 Å². The number of likely N-dealkylation sites (tertiary alicyclic amines) is 1. The fraction of sp³-hybridized carbons (Fsp3) is 0.750. The van der Waals surface area contributed by atoms with Crippen molar-refractivity contribution in [3.8, 4) is 0 Å². The van der Waals surface area contributed by atoms with E-state index in [-0.39, 0.29) is 17.0 Å². The van der Waals surface area contributed by atoms with Crippen molar-refractivity contribution in [2.75, 3.05) is 6.54 Å². The smallest absolute Gasteiger partial charge is 0.410 e. The molecule has 17 heavy (non-hydrogen) atoms. The molecule has 1 aliphatic heterocycles. The third-order valence-electron chi connectivity index (χ3n) is 2.58. The molecule has 4 nitrogen and oxygen atoms in total. The van der Waals surface area contributed by atoms with Crippen LogP contribution in [0.1, 0.15) is 40.0 Å². The van der Waals surface area contributed by atoms with Crippen molar-refractivity contribution in [1.82, 2.24) is 4.90 Å². The molecule has 0 unspecified atom stereocenters. The SMILES string of the molecule is CC(C)(C)OC(=O)N1CCCC[C@H]1C(=S)C=O. The predicted molar refractivity (Wildman–Crippen MR) is 69.2 cm³/mol. The van der Waals surface area contributed by atoms with E-state index in [2.05, 4.69) is 0 Å². The summed E-state index contributed by atoms with van der Waals surface area (Å²) in [5.74, 6) is 0. The second kappa shape index (κ2) is 5.58. The Labute approximate surface area is 107 Å². The highest BCUT2D eigenvalue weighted by Crippen LogP contribution is 2.21. The molecule has 1 atom stereocenters. The van der Waals surface area contributed by atoms with E-state index in [9.17, 15) is 9.59 Å². The van der Waals surface area contributed by atoms with Crippen LogP contribution in [0.3, 0.4) is 0 Å². The van der Waals surface area contributed by atoms with Gasteiger partial charge >= 0.3 is 6.09 Å². The molecular weight excluding hydrogens is 238 g/mol. The summed E-state index contributed by atoms with van der Waals surface area (Å²) in [6, 6.07) is -0.272. The monoisotopic (exact) mass is 257 g/mol. The van der Waals surface area contributed by atoms with Crippen molar-refractivity contribution in [2.24, 2.45) is 0 Å². The van der Waals surface area contributed by atoms with Gasteiger partial charge in [-0.05, 0) is 40.0 Å². The van der Waals surface area contributed by atoms with E-state index in [4.69, 9.17) is 17.0 Å². The van der Waals surface area contributed by atoms with E-state index in [1.54, 1.807) is 4.90 Å². The minimum Gasteiger partial charge on any atom is -0.444 e. The van der Waals surface area contributed by atoms with Crippen LogP contribution < -0.4 is 0 Å². The van der Waals surface area contributed by atoms with Gasteiger partial charge in [-0.15, -0.1) is 0 Å². The van der Waals surface area contributed by atoms with E-state index in [0.717, 1.165) is 19.3 Å². The van der Waals surface area contributed by atoms with Gasteiger partial charge in [-0.25, -0.2) is 4.79 Å². The van der Waals surface area contributed by atoms with Crippen LogP contribution in [0.5, 0.6) is 0 Å². The second-order valence-corrected chi connectivity index (χ2v) is 5.68. The number of rotatable bonds is 2. The quantitative estimate of drug-likeness (QED) is 0.563. The van der Waals surface area contributed by atoms with Crippen molar-refractivity contribution >= 4 is 29.5 Å². The molecule has 0 bridgehead atoms. The maximum Gasteiger partial charge on any atom is 0.410 e. The van der Waals surface area contributed by atoms with Gasteiger partial charge in [-0.2, -0.15) is 0 Å². The van der Waals surface area contributed by atoms with Crippen molar-refractivity contribution in [1.29, 1.82) is 0 Å². The Morgan fingerprint density at radius 2 is 2.06 bits per heavy atom. The fourth-order valence-corrected chi connectivity index (χ4v) is 2.09. The number of aldehydes is 1. The summed E-state index contributed by atoms with van der Waals surface area (Å²) in [6.45, 7) is 6.07. The first-order valence-electron chi connectivity index (χ1n) is 5.84. The van der Waals surface area contributed by atoms with Crippen molar-refractivity contribution in [3.05, 3.63) is 0 Å². The van der Waals surface area contributed by atoms with E-state index in [1.807, 2.05) is 20.8 Å². The molecule has 0 spiro atoms. The Bertz CT molecular complexity index is 322. The molecule has 1 fully saturated rings. The molecule has 1 heterocycles. The van der Waals surface area contributed by atoms with E-state index < -0.39 is 5.60 Å². The number of carbonyl (C=O) groups is 2. The number of hydrogen-bond acceptors (Lipinski definition) is 4. The molecule has 0 N–H and O–H groups in total. The molecule has 0 saturated carbocycles. The molecule has 1 amide bonds. The zero-order valence-corrected chi connectivity index (χ0v) is 11.4. The summed E-state index contributed by atoms with van der Waals surface area (Å²) in [5, 5.41) is 0. The maximum absolute atomic E-state index is 12.0. The molecule has 1 saturated heterocycles. The highest BCUT2D eigenvalue weighted by atomic mass is 32.1. The third-order valence-corrected chi connectivity index (χ3v) is 2.94. The first-order chi connectivity index (χ1) is 7.85. The number of amides is 1. The number of piperidine rings is 1. The average Bonchev–Trinajstić information content (AvgIpc) is 2.25. The van der Waals surface area contributed by atoms with Crippen LogP contribution in [-0.2, 0) is 9.53 Å². The van der Waals surface area contributed by atoms with Crippen LogP contribution in [0, 0.1) is 0 Å². The van der Waals surface area contributed by atoms with Crippen LogP contribution in [-0.4, -0.2) is 40.3 Å². The number of nitrogens with zero attached hydrogens (tertiary/aromatic N) is 1. The van der Waals surface area contributed by atoms with Crippen LogP contribution in [0.2, 0.25) is 0 Å². The Kier molecular flexibility index (Phi) is 4.62. The summed E-state index contributed by atoms with van der Waals surface area (Å²) in [5.41, 5.74) is -0.526. The fourth-order valence-electron chi connectivity index (χ4n) is 1.84. The summed E-state index contributed by atoms with van der Waals surface area (Å²) < 4.78 is 5.31. The van der Waals surface area contributed by atoms with Gasteiger partial charge in [-0.1, -0.05) is 12.2 Å². The lowest BCUT2D eigenvalue weighted by Gasteiger charge is -2.36. The van der Waals surface area contributed by atoms with Gasteiger partial charge in [0.1, 0.15) is 5.60 Å². The summed E-state index contributed by atoms with van der Waals surface area (Å²) in [7, 11) is 0. The van der Waals surface area contributed by atoms with Gasteiger partial charge < -0.3 is 9.64 Å². The molecule has 0 aromatic heterocycles. The zero-order chi connectivity index (χ0) is 13.1. The standard InChI is InChI=1S/C12H19NO3S/c1-12(2,3)16-11(15)13-7-5-4-6-9(13)10(17)8-14/h8-9H,4-7H2,1-3H3/t9-/m0/s1. The number of ether oxygens (including phenoxy) is 1. The minimum absolute atomic E-state index is 0.272. The third kappa shape index (κ3) is 4.07. The van der Waals surface area contributed by atoms with Gasteiger partial charge in [0.2, 0.25) is 0 Å². The molecular formula is C12H19NO3S. The Morgan fingerprint density at radius 3 is 2.59 bits per heavy atom. The lowest BCUT2D eigenvalue weighted by Crippen LogP contribution is -2.49. The molecule has 5 heteroatoms. The average molecular weight is 257 g/mol. The maximum atomic E-state index is 12.0. The first kappa shape index (κ1) is 14.1. The molecule has 0 aromatic carbocycles. The van der Waals surface area contributed by atoms with E-state index in [0.29, 0.717) is 12.8 Å². The van der Waals surface area contributed by atoms with Crippen molar-refractivity contribution in [2.45, 2.75) is 51.7 Å². The van der Waals surface area contributed by atoms with Crippen molar-refractivity contribution < 1.29 is 14.3 Å². The van der Waals surface area contributed by atoms with Gasteiger partial charge in [0.25, 0.3) is 0 Å². The van der Waals surface area contributed by atoms with Gasteiger partial charge in [0, 0.05) is 6.54 Å². The lowest BCUT2D eigenvalue weighted by atomic mass is 10.0. The minimum atomic E-state index is -0.526. The molecule has 0 radical (unpaired) electrons. The van der Waals surface area contributed by atoms with Gasteiger partial charge in [-0.3, -0.25) is 4.79 Å². The summed E-state index contributed by atoms with van der Waals surface area (Å²) in [6.07, 6.45) is 2.93. The van der Waals surface area contributed by atoms with Crippen LogP contribution in [0.15, 0.2) is 0 Å². The highest BCUT2D eigenvalue weighted by Gasteiger charge is 2.32. The molecule has 96 valence electrons. The normalized spacial score (nSPS) is 20.9. The zero-order valence-electron chi connectivity index (χ0n) is 10.6. The van der Waals surface area contributed by atoms with Crippen molar-refractivity contribution in [3.63, 3.8) is 0 Å². The van der Waals surface area contributed by atoms with E-state index >= 15 is 0 Å². The predicted octanol–water partition coefficient (Wildman–Crippen LogP) is 2.34. The second-order valence-electron chi connectivity index (χ2n) is 5.21. The molecule has 0 aromatic rings. The molecule has 0 aliphatic carbocycles. The molecule has 1 rings (SSSR count). The highest BCUT2D eigenvalue weighted by molar-refractivity contribution is 7.82. The van der Waals surface area contributed by atoms with Crippen LogP contribution in [0.25, 0.3) is 0 Å². The number of hydrogen-bond donors (Lipinski definition) is 0. The van der Waals surface area contributed by atoms with Crippen LogP contribution >= 0.6 is 12.2 Å². The summed E-state index contributed by atoms with van der Waals surface area (Å²) in [4.78, 5) is 24.6. The first-order valence-corrected chi connectivity index (χ1v) is 6.24. The Balaban J connectivity index is 2.74. The number of thiocarbonyl (C=S) groups is 1. The van der Waals surface area contributed by atoms with Gasteiger partial charge in [0.15, 0.2) is 6.29 Å². The Morgan fingerprint density at radius 1 is 1.41 bits per heavy atom. The topological polar surface area (TPSA) is 46.6 Å². The Hall–Kier alpha value is -0.970. The largest absolute Gasteiger partial charge is 0.444 e. The van der Waals surface area contributed by atoms with Gasteiger partial charge in [0.05, 0.1) is 10.9 Å². The number of carbonyl (C=O) groups excluding carboxylic acids is 2. The van der Waals surface area contributed by atoms with E-state index in [1.165, 1.54) is 0 Å². The lowest BCUT2D eigenvalue weighted by molar-refractivity contribution is -0.102. The summed E-state index contributed by atoms with van der Waals surface area (Å²) >= 11 is 5.00.